The van der Waals surface area contributed by atoms with Gasteiger partial charge in [-0.2, -0.15) is 0 Å². The number of piperazine rings is 1. The summed E-state index contributed by atoms with van der Waals surface area (Å²) >= 11 is 0. The molecule has 21 heavy (non-hydrogen) atoms. The van der Waals surface area contributed by atoms with Crippen molar-refractivity contribution in [1.82, 2.24) is 10.2 Å². The highest BCUT2D eigenvalue weighted by atomic mass is 16.2. The quantitative estimate of drug-likeness (QED) is 0.850. The molecule has 4 nitrogen and oxygen atoms in total. The molecular formula is C17H28N2O2. The van der Waals surface area contributed by atoms with E-state index in [-0.39, 0.29) is 29.8 Å². The second-order valence-corrected chi connectivity index (χ2v) is 7.76. The van der Waals surface area contributed by atoms with Crippen molar-refractivity contribution in [3.05, 3.63) is 0 Å². The molecule has 3 rings (SSSR count). The summed E-state index contributed by atoms with van der Waals surface area (Å²) in [7, 11) is 0. The molecule has 2 amide bonds. The van der Waals surface area contributed by atoms with Crippen molar-refractivity contribution in [2.75, 3.05) is 0 Å². The number of nitrogens with zero attached hydrogens (tertiary/aromatic N) is 1. The Morgan fingerprint density at radius 2 is 1.76 bits per heavy atom. The summed E-state index contributed by atoms with van der Waals surface area (Å²) in [5.74, 6) is 1.14. The minimum Gasteiger partial charge on any atom is -0.340 e. The van der Waals surface area contributed by atoms with Crippen molar-refractivity contribution in [2.24, 2.45) is 11.8 Å². The van der Waals surface area contributed by atoms with E-state index in [4.69, 9.17) is 0 Å². The molecule has 3 fully saturated rings. The first-order valence-corrected chi connectivity index (χ1v) is 8.59. The molecule has 0 aromatic rings. The Morgan fingerprint density at radius 3 is 2.29 bits per heavy atom. The fourth-order valence-corrected chi connectivity index (χ4v) is 4.46. The molecule has 1 saturated heterocycles. The zero-order chi connectivity index (χ0) is 15.2. The molecule has 0 aromatic carbocycles. The van der Waals surface area contributed by atoms with Crippen LogP contribution in [0.15, 0.2) is 0 Å². The fraction of sp³-hybridized carbons (Fsp3) is 0.882. The van der Waals surface area contributed by atoms with Crippen LogP contribution in [0.1, 0.15) is 65.7 Å². The first-order valence-electron chi connectivity index (χ1n) is 8.59. The summed E-state index contributed by atoms with van der Waals surface area (Å²) in [6.45, 7) is 6.32. The Kier molecular flexibility index (Phi) is 3.74. The van der Waals surface area contributed by atoms with Crippen LogP contribution in [0.4, 0.5) is 0 Å². The zero-order valence-electron chi connectivity index (χ0n) is 13.5. The largest absolute Gasteiger partial charge is 0.340 e. The summed E-state index contributed by atoms with van der Waals surface area (Å²) in [4.78, 5) is 27.9. The number of hydrogen-bond donors (Lipinski definition) is 1. The first-order chi connectivity index (χ1) is 9.94. The highest BCUT2D eigenvalue weighted by molar-refractivity contribution is 6.00. The van der Waals surface area contributed by atoms with Gasteiger partial charge in [-0.05, 0) is 37.5 Å². The van der Waals surface area contributed by atoms with Crippen LogP contribution in [-0.2, 0) is 9.59 Å². The molecule has 0 aromatic heterocycles. The van der Waals surface area contributed by atoms with Crippen molar-refractivity contribution in [1.29, 1.82) is 0 Å². The van der Waals surface area contributed by atoms with Gasteiger partial charge in [0, 0.05) is 6.04 Å². The molecule has 1 spiro atoms. The van der Waals surface area contributed by atoms with E-state index in [1.165, 1.54) is 6.42 Å². The molecule has 0 radical (unpaired) electrons. The van der Waals surface area contributed by atoms with Crippen molar-refractivity contribution in [2.45, 2.75) is 83.3 Å². The molecule has 2 saturated carbocycles. The first kappa shape index (κ1) is 14.9. The molecule has 2 aliphatic carbocycles. The Labute approximate surface area is 127 Å². The monoisotopic (exact) mass is 292 g/mol. The summed E-state index contributed by atoms with van der Waals surface area (Å²) in [6, 6.07) is 0.00676. The third-order valence-electron chi connectivity index (χ3n) is 5.66. The van der Waals surface area contributed by atoms with Crippen LogP contribution < -0.4 is 5.32 Å². The molecule has 1 heterocycles. The Hall–Kier alpha value is -1.06. The predicted octanol–water partition coefficient (Wildman–Crippen LogP) is 2.47. The van der Waals surface area contributed by atoms with Gasteiger partial charge >= 0.3 is 0 Å². The third-order valence-corrected chi connectivity index (χ3v) is 5.66. The average molecular weight is 292 g/mol. The van der Waals surface area contributed by atoms with Crippen LogP contribution >= 0.6 is 0 Å². The highest BCUT2D eigenvalue weighted by Crippen LogP contribution is 2.40. The average Bonchev–Trinajstić information content (AvgIpc) is 2.40. The van der Waals surface area contributed by atoms with E-state index >= 15 is 0 Å². The van der Waals surface area contributed by atoms with E-state index in [9.17, 15) is 9.59 Å². The second kappa shape index (κ2) is 5.29. The maximum Gasteiger partial charge on any atom is 0.249 e. The molecular weight excluding hydrogens is 264 g/mol. The van der Waals surface area contributed by atoms with E-state index in [2.05, 4.69) is 12.2 Å². The molecule has 1 unspecified atom stereocenters. The van der Waals surface area contributed by atoms with E-state index in [0.717, 1.165) is 38.5 Å². The van der Waals surface area contributed by atoms with Crippen LogP contribution in [0.5, 0.6) is 0 Å². The van der Waals surface area contributed by atoms with Crippen molar-refractivity contribution >= 4 is 11.8 Å². The summed E-state index contributed by atoms with van der Waals surface area (Å²) < 4.78 is 0. The summed E-state index contributed by atoms with van der Waals surface area (Å²) in [6.07, 6.45) is 7.03. The molecule has 0 bridgehead atoms. The van der Waals surface area contributed by atoms with Gasteiger partial charge in [0.1, 0.15) is 11.6 Å². The van der Waals surface area contributed by atoms with Gasteiger partial charge in [0.25, 0.3) is 0 Å². The predicted molar refractivity (Wildman–Crippen MR) is 81.6 cm³/mol. The smallest absolute Gasteiger partial charge is 0.249 e. The Morgan fingerprint density at radius 1 is 1.14 bits per heavy atom. The molecule has 4 heteroatoms. The highest BCUT2D eigenvalue weighted by Gasteiger charge is 2.54. The fourth-order valence-electron chi connectivity index (χ4n) is 4.46. The maximum atomic E-state index is 13.2. The van der Waals surface area contributed by atoms with Gasteiger partial charge in [0.15, 0.2) is 0 Å². The van der Waals surface area contributed by atoms with Crippen molar-refractivity contribution in [3.63, 3.8) is 0 Å². The number of nitrogens with one attached hydrogen (secondary N) is 1. The van der Waals surface area contributed by atoms with Crippen LogP contribution in [0, 0.1) is 11.8 Å². The van der Waals surface area contributed by atoms with Gasteiger partial charge in [-0.3, -0.25) is 9.59 Å². The Bertz CT molecular complexity index is 434. The van der Waals surface area contributed by atoms with Gasteiger partial charge < -0.3 is 10.2 Å². The van der Waals surface area contributed by atoms with Gasteiger partial charge in [0.05, 0.1) is 0 Å². The van der Waals surface area contributed by atoms with Crippen LogP contribution in [0.2, 0.25) is 0 Å². The normalized spacial score (nSPS) is 35.8. The molecule has 1 aliphatic heterocycles. The summed E-state index contributed by atoms with van der Waals surface area (Å²) in [5.41, 5.74) is -0.584. The standard InChI is InChI=1S/C17H28N2O2/c1-11(2)14-15(20)18-17(7-5-4-6-8-17)16(21)19(14)13-9-12(3)10-13/h11-14H,4-10H2,1-3H3,(H,18,20). The number of carbonyl (C=O) groups excluding carboxylic acids is 2. The van der Waals surface area contributed by atoms with E-state index < -0.39 is 5.54 Å². The second-order valence-electron chi connectivity index (χ2n) is 7.76. The molecule has 3 aliphatic rings. The summed E-state index contributed by atoms with van der Waals surface area (Å²) in [5, 5.41) is 3.13. The van der Waals surface area contributed by atoms with Gasteiger partial charge in [-0.25, -0.2) is 0 Å². The van der Waals surface area contributed by atoms with E-state index in [1.54, 1.807) is 0 Å². The van der Waals surface area contributed by atoms with E-state index in [1.807, 2.05) is 18.7 Å². The minimum atomic E-state index is -0.584. The molecule has 118 valence electrons. The minimum absolute atomic E-state index is 0.0750. The lowest BCUT2D eigenvalue weighted by molar-refractivity contribution is -0.165. The zero-order valence-corrected chi connectivity index (χ0v) is 13.5. The number of amides is 2. The van der Waals surface area contributed by atoms with Gasteiger partial charge in [-0.1, -0.05) is 40.0 Å². The molecule has 1 N–H and O–H groups in total. The lowest BCUT2D eigenvalue weighted by Crippen LogP contribution is -2.74. The van der Waals surface area contributed by atoms with E-state index in [0.29, 0.717) is 5.92 Å². The van der Waals surface area contributed by atoms with Crippen LogP contribution in [-0.4, -0.2) is 34.3 Å². The van der Waals surface area contributed by atoms with Crippen LogP contribution in [0.25, 0.3) is 0 Å². The maximum absolute atomic E-state index is 13.2. The lowest BCUT2D eigenvalue weighted by atomic mass is 9.73. The Balaban J connectivity index is 1.90. The van der Waals surface area contributed by atoms with Crippen molar-refractivity contribution in [3.8, 4) is 0 Å². The number of carbonyl (C=O) groups is 2. The van der Waals surface area contributed by atoms with Gasteiger partial charge in [0.2, 0.25) is 11.8 Å². The topological polar surface area (TPSA) is 49.4 Å². The SMILES string of the molecule is CC1CC(N2C(=O)C3(CCCCC3)NC(=O)C2C(C)C)C1. The number of rotatable bonds is 2. The van der Waals surface area contributed by atoms with Crippen molar-refractivity contribution < 1.29 is 9.59 Å². The van der Waals surface area contributed by atoms with Crippen LogP contribution in [0.3, 0.4) is 0 Å². The molecule has 1 atom stereocenters. The third kappa shape index (κ3) is 2.36. The number of hydrogen-bond acceptors (Lipinski definition) is 2. The van der Waals surface area contributed by atoms with Gasteiger partial charge in [-0.15, -0.1) is 0 Å². The lowest BCUT2D eigenvalue weighted by Gasteiger charge is -2.54.